The number of hydrogen-bond donors (Lipinski definition) is 1. The van der Waals surface area contributed by atoms with Crippen LogP contribution in [0.5, 0.6) is 0 Å². The van der Waals surface area contributed by atoms with E-state index < -0.39 is 0 Å². The summed E-state index contributed by atoms with van der Waals surface area (Å²) < 4.78 is 13.8. The summed E-state index contributed by atoms with van der Waals surface area (Å²) in [4.78, 5) is 0. The van der Waals surface area contributed by atoms with E-state index in [4.69, 9.17) is 11.6 Å². The molecule has 1 N–H and O–H groups in total. The van der Waals surface area contributed by atoms with Crippen LogP contribution >= 0.6 is 11.6 Å². The molecule has 0 amide bonds. The normalized spacial score (nSPS) is 24.2. The smallest absolute Gasteiger partial charge is 0.127 e. The lowest BCUT2D eigenvalue weighted by molar-refractivity contribution is 0.285. The van der Waals surface area contributed by atoms with Crippen molar-refractivity contribution in [1.29, 1.82) is 0 Å². The molecule has 0 spiro atoms. The summed E-state index contributed by atoms with van der Waals surface area (Å²) in [6.07, 6.45) is 5.57. The summed E-state index contributed by atoms with van der Waals surface area (Å²) in [7, 11) is 0. The SMILES string of the molecule is CCNC1CCCC(Cc2c(F)cccc2Cl)C1. The lowest BCUT2D eigenvalue weighted by atomic mass is 9.82. The van der Waals surface area contributed by atoms with Crippen LogP contribution in [0.25, 0.3) is 0 Å². The molecule has 2 rings (SSSR count). The first-order valence-corrected chi connectivity index (χ1v) is 7.24. The van der Waals surface area contributed by atoms with Crippen molar-refractivity contribution >= 4 is 11.6 Å². The number of rotatable bonds is 4. The van der Waals surface area contributed by atoms with Crippen LogP contribution in [-0.4, -0.2) is 12.6 Å². The van der Waals surface area contributed by atoms with Crippen molar-refractivity contribution in [2.75, 3.05) is 6.54 Å². The van der Waals surface area contributed by atoms with Crippen molar-refractivity contribution in [1.82, 2.24) is 5.32 Å². The number of halogens is 2. The molecule has 1 aliphatic carbocycles. The van der Waals surface area contributed by atoms with Gasteiger partial charge in [0.05, 0.1) is 0 Å². The van der Waals surface area contributed by atoms with Gasteiger partial charge in [-0.1, -0.05) is 37.4 Å². The Morgan fingerprint density at radius 2 is 2.22 bits per heavy atom. The zero-order valence-corrected chi connectivity index (χ0v) is 11.6. The minimum absolute atomic E-state index is 0.159. The van der Waals surface area contributed by atoms with E-state index >= 15 is 0 Å². The molecule has 3 heteroatoms. The molecule has 1 aliphatic rings. The van der Waals surface area contributed by atoms with Crippen molar-refractivity contribution in [2.24, 2.45) is 5.92 Å². The fraction of sp³-hybridized carbons (Fsp3) is 0.600. The summed E-state index contributed by atoms with van der Waals surface area (Å²) in [6.45, 7) is 3.15. The van der Waals surface area contributed by atoms with Gasteiger partial charge in [0, 0.05) is 16.6 Å². The summed E-state index contributed by atoms with van der Waals surface area (Å²) in [6, 6.07) is 5.55. The fourth-order valence-corrected chi connectivity index (χ4v) is 3.21. The van der Waals surface area contributed by atoms with Gasteiger partial charge in [-0.3, -0.25) is 0 Å². The Morgan fingerprint density at radius 3 is 2.94 bits per heavy atom. The van der Waals surface area contributed by atoms with Gasteiger partial charge in [0.2, 0.25) is 0 Å². The molecule has 1 fully saturated rings. The van der Waals surface area contributed by atoms with Gasteiger partial charge in [0.25, 0.3) is 0 Å². The second kappa shape index (κ2) is 6.53. The van der Waals surface area contributed by atoms with E-state index in [1.54, 1.807) is 12.1 Å². The Labute approximate surface area is 114 Å². The van der Waals surface area contributed by atoms with Gasteiger partial charge < -0.3 is 5.32 Å². The van der Waals surface area contributed by atoms with Gasteiger partial charge in [-0.15, -0.1) is 0 Å². The molecule has 0 aliphatic heterocycles. The van der Waals surface area contributed by atoms with Crippen molar-refractivity contribution in [3.63, 3.8) is 0 Å². The molecule has 100 valence electrons. The minimum atomic E-state index is -0.159. The average Bonchev–Trinajstić information content (AvgIpc) is 2.35. The monoisotopic (exact) mass is 269 g/mol. The first kappa shape index (κ1) is 13.8. The maximum absolute atomic E-state index is 13.8. The lowest BCUT2D eigenvalue weighted by Gasteiger charge is -2.30. The highest BCUT2D eigenvalue weighted by molar-refractivity contribution is 6.31. The lowest BCUT2D eigenvalue weighted by Crippen LogP contribution is -2.34. The molecule has 2 unspecified atom stereocenters. The summed E-state index contributed by atoms with van der Waals surface area (Å²) in [5.74, 6) is 0.394. The Hall–Kier alpha value is -0.600. The van der Waals surface area contributed by atoms with Crippen LogP contribution in [0, 0.1) is 11.7 Å². The largest absolute Gasteiger partial charge is 0.314 e. The number of nitrogens with one attached hydrogen (secondary N) is 1. The van der Waals surface area contributed by atoms with Gasteiger partial charge in [-0.05, 0) is 43.9 Å². The third kappa shape index (κ3) is 3.46. The van der Waals surface area contributed by atoms with Gasteiger partial charge in [-0.2, -0.15) is 0 Å². The van der Waals surface area contributed by atoms with Crippen LogP contribution in [0.2, 0.25) is 5.02 Å². The molecular formula is C15H21ClFN. The molecule has 1 saturated carbocycles. The van der Waals surface area contributed by atoms with Gasteiger partial charge in [0.1, 0.15) is 5.82 Å². The number of benzene rings is 1. The molecule has 0 heterocycles. The highest BCUT2D eigenvalue weighted by atomic mass is 35.5. The third-order valence-electron chi connectivity index (χ3n) is 3.83. The molecule has 0 bridgehead atoms. The van der Waals surface area contributed by atoms with Crippen LogP contribution in [0.3, 0.4) is 0 Å². The van der Waals surface area contributed by atoms with E-state index in [0.29, 0.717) is 22.5 Å². The zero-order valence-electron chi connectivity index (χ0n) is 10.9. The van der Waals surface area contributed by atoms with E-state index in [0.717, 1.165) is 19.4 Å². The fourth-order valence-electron chi connectivity index (χ4n) is 2.97. The molecule has 1 aromatic rings. The Morgan fingerprint density at radius 1 is 1.39 bits per heavy atom. The first-order chi connectivity index (χ1) is 8.70. The first-order valence-electron chi connectivity index (χ1n) is 6.87. The van der Waals surface area contributed by atoms with E-state index in [1.807, 2.05) is 0 Å². The van der Waals surface area contributed by atoms with E-state index in [2.05, 4.69) is 12.2 Å². The predicted molar refractivity (Wildman–Crippen MR) is 74.5 cm³/mol. The molecule has 0 saturated heterocycles. The van der Waals surface area contributed by atoms with Crippen LogP contribution in [0.1, 0.15) is 38.2 Å². The van der Waals surface area contributed by atoms with Gasteiger partial charge >= 0.3 is 0 Å². The molecule has 1 aromatic carbocycles. The highest BCUT2D eigenvalue weighted by Gasteiger charge is 2.23. The molecule has 0 aromatic heterocycles. The molecular weight excluding hydrogens is 249 g/mol. The second-order valence-electron chi connectivity index (χ2n) is 5.19. The van der Waals surface area contributed by atoms with Crippen LogP contribution in [0.4, 0.5) is 4.39 Å². The average molecular weight is 270 g/mol. The third-order valence-corrected chi connectivity index (χ3v) is 4.18. The Bertz CT molecular complexity index is 372. The van der Waals surface area contributed by atoms with Gasteiger partial charge in [-0.25, -0.2) is 4.39 Å². The predicted octanol–water partition coefficient (Wildman–Crippen LogP) is 4.19. The van der Waals surface area contributed by atoms with E-state index in [1.165, 1.54) is 25.3 Å². The topological polar surface area (TPSA) is 12.0 Å². The van der Waals surface area contributed by atoms with Crippen molar-refractivity contribution in [2.45, 2.75) is 45.1 Å². The second-order valence-corrected chi connectivity index (χ2v) is 5.60. The quantitative estimate of drug-likeness (QED) is 0.864. The van der Waals surface area contributed by atoms with Gasteiger partial charge in [0.15, 0.2) is 0 Å². The highest BCUT2D eigenvalue weighted by Crippen LogP contribution is 2.30. The minimum Gasteiger partial charge on any atom is -0.314 e. The summed E-state index contributed by atoms with van der Waals surface area (Å²) in [5, 5.41) is 4.07. The molecule has 0 radical (unpaired) electrons. The summed E-state index contributed by atoms with van der Waals surface area (Å²) in [5.41, 5.74) is 0.696. The van der Waals surface area contributed by atoms with E-state index in [-0.39, 0.29) is 5.82 Å². The van der Waals surface area contributed by atoms with Crippen molar-refractivity contribution in [3.8, 4) is 0 Å². The molecule has 2 atom stereocenters. The van der Waals surface area contributed by atoms with Crippen LogP contribution < -0.4 is 5.32 Å². The molecule has 18 heavy (non-hydrogen) atoms. The Balaban J connectivity index is 2.00. The maximum atomic E-state index is 13.8. The maximum Gasteiger partial charge on any atom is 0.127 e. The van der Waals surface area contributed by atoms with E-state index in [9.17, 15) is 4.39 Å². The van der Waals surface area contributed by atoms with Crippen molar-refractivity contribution < 1.29 is 4.39 Å². The van der Waals surface area contributed by atoms with Crippen LogP contribution in [-0.2, 0) is 6.42 Å². The van der Waals surface area contributed by atoms with Crippen molar-refractivity contribution in [3.05, 3.63) is 34.6 Å². The summed E-state index contributed by atoms with van der Waals surface area (Å²) >= 11 is 6.09. The standard InChI is InChI=1S/C15H21ClFN/c1-2-18-12-6-3-5-11(9-12)10-13-14(16)7-4-8-15(13)17/h4,7-8,11-12,18H,2-3,5-6,9-10H2,1H3. The number of hydrogen-bond acceptors (Lipinski definition) is 1. The molecule has 1 nitrogen and oxygen atoms in total. The zero-order chi connectivity index (χ0) is 13.0. The Kier molecular flexibility index (Phi) is 5.02. The van der Waals surface area contributed by atoms with Crippen LogP contribution in [0.15, 0.2) is 18.2 Å².